The molecule has 1 saturated heterocycles. The highest BCUT2D eigenvalue weighted by Crippen LogP contribution is 2.23. The lowest BCUT2D eigenvalue weighted by atomic mass is 10.1. The van der Waals surface area contributed by atoms with Gasteiger partial charge in [0, 0.05) is 23.2 Å². The third-order valence-electron chi connectivity index (χ3n) is 4.59. The molecule has 8 heteroatoms. The molecule has 1 aliphatic heterocycles. The maximum Gasteiger partial charge on any atom is 0.266 e. The predicted octanol–water partition coefficient (Wildman–Crippen LogP) is 4.17. The van der Waals surface area contributed by atoms with Crippen LogP contribution in [-0.2, 0) is 14.8 Å². The summed E-state index contributed by atoms with van der Waals surface area (Å²) in [5, 5.41) is 12.0. The molecule has 1 N–H and O–H groups in total. The van der Waals surface area contributed by atoms with Crippen molar-refractivity contribution in [3.63, 3.8) is 0 Å². The molecule has 0 bridgehead atoms. The maximum atomic E-state index is 12.8. The fourth-order valence-corrected chi connectivity index (χ4v) is 4.89. The number of nitrogens with zero attached hydrogens (tertiary/aromatic N) is 2. The van der Waals surface area contributed by atoms with Crippen molar-refractivity contribution in [2.24, 2.45) is 0 Å². The van der Waals surface area contributed by atoms with Crippen molar-refractivity contribution in [3.8, 4) is 6.07 Å². The Bertz CT molecular complexity index is 1070. The standard InChI is InChI=1S/C21H20BrN3O3S/c22-18-9-7-16(8-10-18)13-17(15-23)21(26)24-19-5-4-6-20(14-19)29(27,28)25-11-2-1-3-12-25/h4-10,13-14H,1-3,11-12H2,(H,24,26)/b17-13-. The molecule has 0 aromatic heterocycles. The number of anilines is 1. The van der Waals surface area contributed by atoms with Crippen molar-refractivity contribution in [3.05, 3.63) is 64.1 Å². The van der Waals surface area contributed by atoms with Crippen LogP contribution in [0.2, 0.25) is 0 Å². The molecule has 3 rings (SSSR count). The van der Waals surface area contributed by atoms with Crippen LogP contribution in [0.25, 0.3) is 6.08 Å². The van der Waals surface area contributed by atoms with Gasteiger partial charge in [0.1, 0.15) is 11.6 Å². The highest BCUT2D eigenvalue weighted by Gasteiger charge is 2.26. The van der Waals surface area contributed by atoms with Crippen molar-refractivity contribution >= 4 is 43.6 Å². The summed E-state index contributed by atoms with van der Waals surface area (Å²) in [6.45, 7) is 1.01. The lowest BCUT2D eigenvalue weighted by Crippen LogP contribution is -2.35. The lowest BCUT2D eigenvalue weighted by Gasteiger charge is -2.26. The molecule has 29 heavy (non-hydrogen) atoms. The molecule has 0 spiro atoms. The number of hydrogen-bond donors (Lipinski definition) is 1. The number of piperidine rings is 1. The van der Waals surface area contributed by atoms with E-state index in [4.69, 9.17) is 0 Å². The summed E-state index contributed by atoms with van der Waals surface area (Å²) in [7, 11) is -3.60. The topological polar surface area (TPSA) is 90.3 Å². The van der Waals surface area contributed by atoms with Gasteiger partial charge in [0.25, 0.3) is 5.91 Å². The number of amides is 1. The van der Waals surface area contributed by atoms with Gasteiger partial charge in [-0.05, 0) is 54.8 Å². The van der Waals surface area contributed by atoms with Crippen LogP contribution in [0.3, 0.4) is 0 Å². The number of sulfonamides is 1. The van der Waals surface area contributed by atoms with Crippen LogP contribution in [0, 0.1) is 11.3 Å². The number of nitriles is 1. The molecule has 0 saturated carbocycles. The monoisotopic (exact) mass is 473 g/mol. The maximum absolute atomic E-state index is 12.8. The minimum absolute atomic E-state index is 0.0726. The first-order valence-electron chi connectivity index (χ1n) is 9.19. The zero-order valence-electron chi connectivity index (χ0n) is 15.6. The molecule has 0 unspecified atom stereocenters. The van der Waals surface area contributed by atoms with Crippen LogP contribution in [0.5, 0.6) is 0 Å². The molecule has 1 heterocycles. The van der Waals surface area contributed by atoms with Gasteiger partial charge in [0.05, 0.1) is 4.90 Å². The number of nitrogens with one attached hydrogen (secondary N) is 1. The second-order valence-electron chi connectivity index (χ2n) is 6.67. The molecule has 1 fully saturated rings. The zero-order chi connectivity index (χ0) is 20.9. The average Bonchev–Trinajstić information content (AvgIpc) is 2.74. The van der Waals surface area contributed by atoms with E-state index in [-0.39, 0.29) is 10.5 Å². The quantitative estimate of drug-likeness (QED) is 0.520. The zero-order valence-corrected chi connectivity index (χ0v) is 18.0. The summed E-state index contributed by atoms with van der Waals surface area (Å²) in [6.07, 6.45) is 4.21. The number of hydrogen-bond acceptors (Lipinski definition) is 4. The molecular formula is C21H20BrN3O3S. The Morgan fingerprint density at radius 3 is 2.45 bits per heavy atom. The normalized spacial score (nSPS) is 15.5. The Labute approximate surface area is 179 Å². The van der Waals surface area contributed by atoms with Gasteiger partial charge in [0.15, 0.2) is 0 Å². The van der Waals surface area contributed by atoms with Gasteiger partial charge in [-0.1, -0.05) is 40.5 Å². The van der Waals surface area contributed by atoms with Crippen LogP contribution in [0.1, 0.15) is 24.8 Å². The van der Waals surface area contributed by atoms with Gasteiger partial charge < -0.3 is 5.32 Å². The van der Waals surface area contributed by atoms with Crippen molar-refractivity contribution in [2.45, 2.75) is 24.2 Å². The number of halogens is 1. The molecule has 1 aliphatic rings. The van der Waals surface area contributed by atoms with Gasteiger partial charge >= 0.3 is 0 Å². The summed E-state index contributed by atoms with van der Waals surface area (Å²) >= 11 is 3.34. The van der Waals surface area contributed by atoms with Gasteiger partial charge in [0.2, 0.25) is 10.0 Å². The second kappa shape index (κ2) is 9.35. The Kier molecular flexibility index (Phi) is 6.85. The van der Waals surface area contributed by atoms with E-state index in [1.807, 2.05) is 18.2 Å². The predicted molar refractivity (Wildman–Crippen MR) is 115 cm³/mol. The van der Waals surface area contributed by atoms with E-state index in [9.17, 15) is 18.5 Å². The van der Waals surface area contributed by atoms with E-state index in [0.717, 1.165) is 23.7 Å². The molecule has 150 valence electrons. The van der Waals surface area contributed by atoms with Crippen LogP contribution < -0.4 is 5.32 Å². The molecule has 2 aromatic rings. The van der Waals surface area contributed by atoms with E-state index in [2.05, 4.69) is 21.2 Å². The summed E-state index contributed by atoms with van der Waals surface area (Å²) in [5.41, 5.74) is 0.961. The first kappa shape index (κ1) is 21.2. The van der Waals surface area contributed by atoms with Gasteiger partial charge in [-0.25, -0.2) is 8.42 Å². The summed E-state index contributed by atoms with van der Waals surface area (Å²) in [6, 6.07) is 15.2. The first-order chi connectivity index (χ1) is 13.9. The largest absolute Gasteiger partial charge is 0.321 e. The fourth-order valence-electron chi connectivity index (χ4n) is 3.06. The van der Waals surface area contributed by atoms with Crippen LogP contribution >= 0.6 is 15.9 Å². The highest BCUT2D eigenvalue weighted by molar-refractivity contribution is 9.10. The van der Waals surface area contributed by atoms with E-state index < -0.39 is 15.9 Å². The Hall–Kier alpha value is -2.47. The Morgan fingerprint density at radius 1 is 1.10 bits per heavy atom. The minimum Gasteiger partial charge on any atom is -0.321 e. The van der Waals surface area contributed by atoms with Crippen LogP contribution in [0.4, 0.5) is 5.69 Å². The summed E-state index contributed by atoms with van der Waals surface area (Å²) in [4.78, 5) is 12.6. The fraction of sp³-hybridized carbons (Fsp3) is 0.238. The minimum atomic E-state index is -3.60. The van der Waals surface area contributed by atoms with E-state index in [1.54, 1.807) is 24.3 Å². The van der Waals surface area contributed by atoms with Gasteiger partial charge in [-0.2, -0.15) is 9.57 Å². The molecule has 0 atom stereocenters. The third kappa shape index (κ3) is 5.32. The smallest absolute Gasteiger partial charge is 0.266 e. The number of benzene rings is 2. The molecular weight excluding hydrogens is 454 g/mol. The van der Waals surface area contributed by atoms with Crippen molar-refractivity contribution in [1.29, 1.82) is 5.26 Å². The van der Waals surface area contributed by atoms with Crippen LogP contribution in [0.15, 0.2) is 63.5 Å². The lowest BCUT2D eigenvalue weighted by molar-refractivity contribution is -0.112. The van der Waals surface area contributed by atoms with Gasteiger partial charge in [-0.15, -0.1) is 0 Å². The molecule has 0 radical (unpaired) electrons. The Morgan fingerprint density at radius 2 is 1.79 bits per heavy atom. The van der Waals surface area contributed by atoms with Gasteiger partial charge in [-0.3, -0.25) is 4.79 Å². The second-order valence-corrected chi connectivity index (χ2v) is 9.52. The van der Waals surface area contributed by atoms with E-state index in [0.29, 0.717) is 24.3 Å². The van der Waals surface area contributed by atoms with E-state index in [1.165, 1.54) is 22.5 Å². The Balaban J connectivity index is 1.79. The number of carbonyl (C=O) groups excluding carboxylic acids is 1. The van der Waals surface area contributed by atoms with E-state index >= 15 is 0 Å². The number of rotatable bonds is 5. The molecule has 1 amide bonds. The highest BCUT2D eigenvalue weighted by atomic mass is 79.9. The summed E-state index contributed by atoms with van der Waals surface area (Å²) in [5.74, 6) is -0.595. The molecule has 6 nitrogen and oxygen atoms in total. The van der Waals surface area contributed by atoms with Crippen molar-refractivity contribution < 1.29 is 13.2 Å². The first-order valence-corrected chi connectivity index (χ1v) is 11.4. The van der Waals surface area contributed by atoms with Crippen molar-refractivity contribution in [1.82, 2.24) is 4.31 Å². The molecule has 0 aliphatic carbocycles. The van der Waals surface area contributed by atoms with Crippen molar-refractivity contribution in [2.75, 3.05) is 18.4 Å². The SMILES string of the molecule is N#C/C(=C/c1ccc(Br)cc1)C(=O)Nc1cccc(S(=O)(=O)N2CCCCC2)c1. The molecule has 2 aromatic carbocycles. The van der Waals surface area contributed by atoms with Crippen LogP contribution in [-0.4, -0.2) is 31.7 Å². The summed E-state index contributed by atoms with van der Waals surface area (Å²) < 4.78 is 28.0. The average molecular weight is 474 g/mol. The number of carbonyl (C=O) groups is 1. The third-order valence-corrected chi connectivity index (χ3v) is 7.01.